The number of morpholine rings is 1. The van der Waals surface area contributed by atoms with Crippen LogP contribution in [-0.2, 0) is 31.8 Å². The van der Waals surface area contributed by atoms with Crippen molar-refractivity contribution in [1.82, 2.24) is 9.80 Å². The quantitative estimate of drug-likeness (QED) is 0.185. The first-order valence-electron chi connectivity index (χ1n) is 17.0. The number of carbonyl (C=O) groups excluding carboxylic acids is 1. The largest absolute Gasteiger partial charge is 0.493 e. The zero-order valence-corrected chi connectivity index (χ0v) is 28.8. The minimum atomic E-state index is -0.984. The molecule has 0 saturated carbocycles. The van der Waals surface area contributed by atoms with Gasteiger partial charge in [0.2, 0.25) is 0 Å². The van der Waals surface area contributed by atoms with Gasteiger partial charge in [-0.1, -0.05) is 54.6 Å². The van der Waals surface area contributed by atoms with E-state index in [4.69, 9.17) is 28.7 Å². The lowest BCUT2D eigenvalue weighted by atomic mass is 9.75. The summed E-state index contributed by atoms with van der Waals surface area (Å²) in [5, 5.41) is 0. The standard InChI is InChI=1S/C38H45N3O6S/c1-4-46-36(42)35-30-25-40(18-17-28-15-16-31(43-2)32(23-28)44-3)34(26-48-29-13-9-6-10-14-29)37(30)39-33(24-27-11-7-5-8-12-27)38(35,47-37)41-19-21-45-22-20-41/h5-16,23,30,34-35H,4,17-22,24-26H2,1-3H3/t30-,34-,35+,37+,38+/m0/s1. The van der Waals surface area contributed by atoms with Crippen molar-refractivity contribution in [3.05, 3.63) is 90.0 Å². The summed E-state index contributed by atoms with van der Waals surface area (Å²) in [6.07, 6.45) is 1.40. The fourth-order valence-corrected chi connectivity index (χ4v) is 9.28. The van der Waals surface area contributed by atoms with Crippen molar-refractivity contribution in [2.75, 3.05) is 66.0 Å². The summed E-state index contributed by atoms with van der Waals surface area (Å²) in [4.78, 5) is 25.9. The summed E-state index contributed by atoms with van der Waals surface area (Å²) in [7, 11) is 3.32. The van der Waals surface area contributed by atoms with Crippen LogP contribution in [-0.4, -0.2) is 105 Å². The molecule has 0 aliphatic carbocycles. The van der Waals surface area contributed by atoms with Crippen molar-refractivity contribution >= 4 is 23.4 Å². The molecule has 4 aliphatic heterocycles. The predicted octanol–water partition coefficient (Wildman–Crippen LogP) is 4.97. The minimum Gasteiger partial charge on any atom is -0.493 e. The molecule has 3 saturated heterocycles. The van der Waals surface area contributed by atoms with Gasteiger partial charge in [0.05, 0.1) is 45.8 Å². The smallest absolute Gasteiger partial charge is 0.314 e. The Morgan fingerprint density at radius 1 is 0.958 bits per heavy atom. The molecule has 0 radical (unpaired) electrons. The number of nitrogens with zero attached hydrogens (tertiary/aromatic N) is 3. The molecule has 9 nitrogen and oxygen atoms in total. The molecule has 0 N–H and O–H groups in total. The number of likely N-dealkylation sites (tertiary alicyclic amines) is 1. The highest BCUT2D eigenvalue weighted by Gasteiger charge is 2.78. The van der Waals surface area contributed by atoms with E-state index in [1.807, 2.05) is 36.9 Å². The zero-order valence-electron chi connectivity index (χ0n) is 28.0. The lowest BCUT2D eigenvalue weighted by Gasteiger charge is -2.45. The van der Waals surface area contributed by atoms with Gasteiger partial charge in [-0.2, -0.15) is 0 Å². The first-order chi connectivity index (χ1) is 23.5. The third kappa shape index (κ3) is 5.92. The number of hydrogen-bond donors (Lipinski definition) is 0. The van der Waals surface area contributed by atoms with Crippen LogP contribution in [0, 0.1) is 11.8 Å². The second-order valence-electron chi connectivity index (χ2n) is 12.8. The molecule has 2 bridgehead atoms. The highest BCUT2D eigenvalue weighted by molar-refractivity contribution is 7.99. The maximum Gasteiger partial charge on any atom is 0.314 e. The maximum atomic E-state index is 14.3. The average Bonchev–Trinajstić information content (AvgIpc) is 3.72. The lowest BCUT2D eigenvalue weighted by molar-refractivity contribution is -0.180. The van der Waals surface area contributed by atoms with Gasteiger partial charge < -0.3 is 23.7 Å². The topological polar surface area (TPSA) is 82.1 Å². The second kappa shape index (κ2) is 14.2. The van der Waals surface area contributed by atoms with Gasteiger partial charge in [0.25, 0.3) is 0 Å². The molecule has 7 rings (SSSR count). The number of fused-ring (bicyclic) bond motifs is 1. The highest BCUT2D eigenvalue weighted by Crippen LogP contribution is 2.61. The van der Waals surface area contributed by atoms with Crippen LogP contribution < -0.4 is 9.47 Å². The molecule has 3 aromatic carbocycles. The molecule has 4 heterocycles. The highest BCUT2D eigenvalue weighted by atomic mass is 32.2. The summed E-state index contributed by atoms with van der Waals surface area (Å²) in [5.74, 6) is 1.32. The van der Waals surface area contributed by atoms with Crippen LogP contribution in [0.1, 0.15) is 18.1 Å². The molecule has 254 valence electrons. The van der Waals surface area contributed by atoms with Crippen LogP contribution in [0.2, 0.25) is 0 Å². The summed E-state index contributed by atoms with van der Waals surface area (Å²) in [6.45, 7) is 6.16. The molecule has 3 fully saturated rings. The molecule has 0 amide bonds. The van der Waals surface area contributed by atoms with Crippen LogP contribution in [0.15, 0.2) is 88.8 Å². The number of hydrogen-bond acceptors (Lipinski definition) is 10. The Labute approximate surface area is 287 Å². The zero-order chi connectivity index (χ0) is 33.1. The van der Waals surface area contributed by atoms with E-state index in [1.165, 1.54) is 4.90 Å². The molecule has 4 aliphatic rings. The fraction of sp³-hybridized carbons (Fsp3) is 0.474. The summed E-state index contributed by atoms with van der Waals surface area (Å²) in [6, 6.07) is 26.9. The summed E-state index contributed by atoms with van der Waals surface area (Å²) < 4.78 is 30.3. The van der Waals surface area contributed by atoms with Crippen LogP contribution in [0.3, 0.4) is 0 Å². The van der Waals surface area contributed by atoms with Crippen LogP contribution in [0.5, 0.6) is 11.5 Å². The summed E-state index contributed by atoms with van der Waals surface area (Å²) in [5.41, 5.74) is 1.35. The Morgan fingerprint density at radius 2 is 1.69 bits per heavy atom. The van der Waals surface area contributed by atoms with E-state index in [2.05, 4.69) is 70.5 Å². The fourth-order valence-electron chi connectivity index (χ4n) is 8.13. The van der Waals surface area contributed by atoms with Crippen molar-refractivity contribution in [3.63, 3.8) is 0 Å². The molecule has 0 unspecified atom stereocenters. The number of rotatable bonds is 13. The molecular weight excluding hydrogens is 627 g/mol. The van der Waals surface area contributed by atoms with E-state index in [9.17, 15) is 4.79 Å². The number of carbonyl (C=O) groups is 1. The van der Waals surface area contributed by atoms with E-state index in [-0.39, 0.29) is 17.9 Å². The van der Waals surface area contributed by atoms with Gasteiger partial charge in [0, 0.05) is 49.2 Å². The second-order valence-corrected chi connectivity index (χ2v) is 13.9. The van der Waals surface area contributed by atoms with Crippen molar-refractivity contribution in [2.24, 2.45) is 16.8 Å². The van der Waals surface area contributed by atoms with Gasteiger partial charge in [-0.05, 0) is 48.7 Å². The molecule has 3 aromatic rings. The predicted molar refractivity (Wildman–Crippen MR) is 186 cm³/mol. The molecule has 0 aromatic heterocycles. The average molecular weight is 672 g/mol. The number of esters is 1. The Balaban J connectivity index is 1.29. The minimum absolute atomic E-state index is 0.0686. The SMILES string of the molecule is CCOC(=O)[C@H]1[C@@H]2CN(CCc3ccc(OC)c(OC)c3)[C@@H](CSc3ccccc3)[C@@]23N=C(Cc2ccccc2)[C@@]1(N1CCOCC1)O3. The normalized spacial score (nSPS) is 28.2. The number of thioether (sulfide) groups is 1. The lowest BCUT2D eigenvalue weighted by Crippen LogP contribution is -2.64. The number of aliphatic imine (C=N–C) groups is 1. The third-order valence-corrected chi connectivity index (χ3v) is 11.4. The van der Waals surface area contributed by atoms with Crippen molar-refractivity contribution < 1.29 is 28.5 Å². The van der Waals surface area contributed by atoms with E-state index in [0.29, 0.717) is 51.6 Å². The number of ether oxygens (including phenoxy) is 5. The first kappa shape index (κ1) is 33.1. The molecule has 1 spiro atoms. The van der Waals surface area contributed by atoms with Gasteiger partial charge >= 0.3 is 5.97 Å². The molecule has 48 heavy (non-hydrogen) atoms. The van der Waals surface area contributed by atoms with Gasteiger partial charge in [0.1, 0.15) is 5.92 Å². The van der Waals surface area contributed by atoms with Crippen LogP contribution >= 0.6 is 11.8 Å². The Hall–Kier alpha value is -3.41. The van der Waals surface area contributed by atoms with Crippen LogP contribution in [0.25, 0.3) is 0 Å². The van der Waals surface area contributed by atoms with E-state index in [1.54, 1.807) is 14.2 Å². The Morgan fingerprint density at radius 3 is 2.40 bits per heavy atom. The van der Waals surface area contributed by atoms with E-state index < -0.39 is 17.4 Å². The van der Waals surface area contributed by atoms with Gasteiger partial charge in [-0.25, -0.2) is 0 Å². The van der Waals surface area contributed by atoms with E-state index in [0.717, 1.165) is 41.3 Å². The molecular formula is C38H45N3O6S. The number of benzene rings is 3. The van der Waals surface area contributed by atoms with Crippen molar-refractivity contribution in [2.45, 2.75) is 42.2 Å². The van der Waals surface area contributed by atoms with Crippen molar-refractivity contribution in [1.29, 1.82) is 0 Å². The maximum absolute atomic E-state index is 14.3. The Bertz CT molecular complexity index is 1600. The van der Waals surface area contributed by atoms with E-state index >= 15 is 0 Å². The summed E-state index contributed by atoms with van der Waals surface area (Å²) >= 11 is 1.82. The number of methoxy groups -OCH3 is 2. The van der Waals surface area contributed by atoms with Gasteiger partial charge in [-0.3, -0.25) is 19.6 Å². The van der Waals surface area contributed by atoms with Gasteiger partial charge in [0.15, 0.2) is 22.9 Å². The van der Waals surface area contributed by atoms with Gasteiger partial charge in [-0.15, -0.1) is 11.8 Å². The Kier molecular flexibility index (Phi) is 9.80. The van der Waals surface area contributed by atoms with Crippen molar-refractivity contribution in [3.8, 4) is 11.5 Å². The monoisotopic (exact) mass is 671 g/mol. The van der Waals surface area contributed by atoms with Crippen LogP contribution in [0.4, 0.5) is 0 Å². The molecule has 5 atom stereocenters. The third-order valence-electron chi connectivity index (χ3n) is 10.3. The molecule has 10 heteroatoms. The first-order valence-corrected chi connectivity index (χ1v) is 18.0.